The second-order valence-corrected chi connectivity index (χ2v) is 7.91. The molecule has 8 heteroatoms. The summed E-state index contributed by atoms with van der Waals surface area (Å²) in [6.45, 7) is 0.575. The summed E-state index contributed by atoms with van der Waals surface area (Å²) >= 11 is 0. The maximum Gasteiger partial charge on any atom is 0.291 e. The molecule has 0 bridgehead atoms. The molecule has 164 valence electrons. The van der Waals surface area contributed by atoms with E-state index < -0.39 is 5.56 Å². The maximum absolute atomic E-state index is 13.7. The number of nitrogens with one attached hydrogen (secondary N) is 2. The van der Waals surface area contributed by atoms with Gasteiger partial charge in [-0.2, -0.15) is 0 Å². The highest BCUT2D eigenvalue weighted by Crippen LogP contribution is 2.36. The Balaban J connectivity index is 1.62. The Labute approximate surface area is 189 Å². The number of pyridine rings is 1. The van der Waals surface area contributed by atoms with Gasteiger partial charge in [-0.1, -0.05) is 24.3 Å². The van der Waals surface area contributed by atoms with Gasteiger partial charge in [-0.15, -0.1) is 0 Å². The number of carbonyl (C=O) groups excluding carboxylic acids is 1. The van der Waals surface area contributed by atoms with Crippen molar-refractivity contribution in [2.75, 3.05) is 13.6 Å². The van der Waals surface area contributed by atoms with Gasteiger partial charge in [0, 0.05) is 31.5 Å². The van der Waals surface area contributed by atoms with E-state index in [1.807, 2.05) is 29.2 Å². The summed E-state index contributed by atoms with van der Waals surface area (Å²) in [5, 5.41) is 8.02. The van der Waals surface area contributed by atoms with E-state index in [9.17, 15) is 9.59 Å². The van der Waals surface area contributed by atoms with Crippen molar-refractivity contribution in [2.24, 2.45) is 4.99 Å². The van der Waals surface area contributed by atoms with Crippen LogP contribution in [0.5, 0.6) is 0 Å². The standard InChI is InChI=1S/C25H22N6O2/c1-27-15-31-21-7-6-18(14-20(21)29-24(32)23(31)26)25(33)30-13-10-16-4-2-3-5-19(16)22(30)17-8-11-28-12-9-17/h2-9,11-12,14-15,22,26H,10,13H2,1H3,(H,29,32). The number of benzene rings is 2. The van der Waals surface area contributed by atoms with Gasteiger partial charge in [0.05, 0.1) is 23.4 Å². The minimum Gasteiger partial charge on any atom is -0.327 e. The lowest BCUT2D eigenvalue weighted by Gasteiger charge is -2.37. The number of aromatic nitrogens is 3. The van der Waals surface area contributed by atoms with Crippen LogP contribution in [0.15, 0.2) is 76.8 Å². The summed E-state index contributed by atoms with van der Waals surface area (Å²) in [7, 11) is 1.57. The average molecular weight is 438 g/mol. The SMILES string of the molecule is CN=Cn1c(=N)c(=O)[nH]c2cc(C(=O)N3CCc4ccccc4C3c3ccncc3)ccc21. The van der Waals surface area contributed by atoms with Gasteiger partial charge < -0.3 is 9.88 Å². The highest BCUT2D eigenvalue weighted by Gasteiger charge is 2.32. The number of hydrogen-bond acceptors (Lipinski definition) is 5. The summed E-state index contributed by atoms with van der Waals surface area (Å²) in [6.07, 6.45) is 5.66. The molecule has 1 aliphatic heterocycles. The molecular formula is C25H22N6O2. The number of nitrogens with zero attached hydrogens (tertiary/aromatic N) is 4. The van der Waals surface area contributed by atoms with E-state index in [0.29, 0.717) is 23.1 Å². The van der Waals surface area contributed by atoms with Crippen LogP contribution in [0.1, 0.15) is 33.1 Å². The molecular weight excluding hydrogens is 416 g/mol. The number of H-pyrrole nitrogens is 1. The van der Waals surface area contributed by atoms with Gasteiger partial charge in [0.15, 0.2) is 5.49 Å². The van der Waals surface area contributed by atoms with E-state index in [4.69, 9.17) is 5.41 Å². The third-order valence-corrected chi connectivity index (χ3v) is 6.00. The minimum atomic E-state index is -0.548. The quantitative estimate of drug-likeness (QED) is 0.379. The predicted octanol–water partition coefficient (Wildman–Crippen LogP) is 2.50. The van der Waals surface area contributed by atoms with Gasteiger partial charge >= 0.3 is 0 Å². The smallest absolute Gasteiger partial charge is 0.291 e. The Bertz CT molecular complexity index is 1500. The van der Waals surface area contributed by atoms with Crippen molar-refractivity contribution in [1.29, 1.82) is 5.41 Å². The van der Waals surface area contributed by atoms with Crippen LogP contribution in [0.3, 0.4) is 0 Å². The molecule has 2 aromatic heterocycles. The van der Waals surface area contributed by atoms with Gasteiger partial charge in [0.1, 0.15) is 0 Å². The third kappa shape index (κ3) is 3.55. The molecule has 1 aliphatic rings. The van der Waals surface area contributed by atoms with Crippen LogP contribution in [0.4, 0.5) is 0 Å². The normalized spacial score (nSPS) is 15.7. The number of amides is 1. The molecule has 1 amide bonds. The molecule has 2 aromatic carbocycles. The van der Waals surface area contributed by atoms with Crippen molar-refractivity contribution < 1.29 is 4.79 Å². The molecule has 2 N–H and O–H groups in total. The number of aliphatic imine (C=N–C) groups is 1. The first-order valence-electron chi connectivity index (χ1n) is 10.6. The molecule has 33 heavy (non-hydrogen) atoms. The summed E-state index contributed by atoms with van der Waals surface area (Å²) in [5.74, 6) is -0.125. The second kappa shape index (κ2) is 8.31. The van der Waals surface area contributed by atoms with Gasteiger partial charge in [-0.25, -0.2) is 0 Å². The Morgan fingerprint density at radius 1 is 1.18 bits per heavy atom. The van der Waals surface area contributed by atoms with Crippen LogP contribution in [0.2, 0.25) is 0 Å². The molecule has 3 heterocycles. The zero-order valence-corrected chi connectivity index (χ0v) is 18.0. The first-order valence-corrected chi connectivity index (χ1v) is 10.6. The van der Waals surface area contributed by atoms with Crippen molar-refractivity contribution in [1.82, 2.24) is 19.4 Å². The van der Waals surface area contributed by atoms with Crippen LogP contribution >= 0.6 is 0 Å². The third-order valence-electron chi connectivity index (χ3n) is 6.00. The van der Waals surface area contributed by atoms with E-state index in [-0.39, 0.29) is 17.4 Å². The highest BCUT2D eigenvalue weighted by molar-refractivity contribution is 5.98. The molecule has 5 rings (SSSR count). The largest absolute Gasteiger partial charge is 0.327 e. The molecule has 1 atom stereocenters. The van der Waals surface area contributed by atoms with Crippen molar-refractivity contribution in [2.45, 2.75) is 12.5 Å². The van der Waals surface area contributed by atoms with Gasteiger partial charge in [0.25, 0.3) is 11.5 Å². The first-order chi connectivity index (χ1) is 16.1. The molecule has 0 saturated heterocycles. The zero-order valence-electron chi connectivity index (χ0n) is 18.0. The lowest BCUT2D eigenvalue weighted by molar-refractivity contribution is 0.0694. The van der Waals surface area contributed by atoms with Gasteiger partial charge in [-0.3, -0.25) is 29.5 Å². The van der Waals surface area contributed by atoms with E-state index in [2.05, 4.69) is 27.1 Å². The van der Waals surface area contributed by atoms with Crippen LogP contribution in [-0.2, 0) is 6.42 Å². The number of rotatable bonds is 3. The predicted molar refractivity (Wildman–Crippen MR) is 125 cm³/mol. The van der Waals surface area contributed by atoms with Crippen LogP contribution in [0.25, 0.3) is 11.0 Å². The summed E-state index contributed by atoms with van der Waals surface area (Å²) < 4.78 is 1.40. The fraction of sp³-hybridized carbons (Fsp3) is 0.160. The molecule has 4 aromatic rings. The number of hydrogen-bond donors (Lipinski definition) is 2. The zero-order chi connectivity index (χ0) is 22.9. The fourth-order valence-electron chi connectivity index (χ4n) is 4.48. The lowest BCUT2D eigenvalue weighted by Crippen LogP contribution is -2.40. The summed E-state index contributed by atoms with van der Waals surface area (Å²) in [4.78, 5) is 38.7. The molecule has 8 nitrogen and oxygen atoms in total. The summed E-state index contributed by atoms with van der Waals surface area (Å²) in [6, 6.07) is 17.0. The topological polar surface area (TPSA) is 107 Å². The Morgan fingerprint density at radius 2 is 1.97 bits per heavy atom. The van der Waals surface area contributed by atoms with E-state index in [1.165, 1.54) is 16.5 Å². The van der Waals surface area contributed by atoms with Gasteiger partial charge in [0.2, 0.25) is 0 Å². The fourth-order valence-corrected chi connectivity index (χ4v) is 4.48. The number of aromatic amines is 1. The molecule has 0 saturated carbocycles. The first kappa shape index (κ1) is 20.6. The molecule has 0 fully saturated rings. The molecule has 0 aliphatic carbocycles. The van der Waals surface area contributed by atoms with Crippen molar-refractivity contribution in [3.63, 3.8) is 0 Å². The van der Waals surface area contributed by atoms with Crippen molar-refractivity contribution >= 4 is 23.3 Å². The summed E-state index contributed by atoms with van der Waals surface area (Å²) in [5.41, 5.74) is 4.09. The molecule has 0 radical (unpaired) electrons. The Kier molecular flexibility index (Phi) is 5.18. The Hall–Kier alpha value is -4.33. The molecule has 0 spiro atoms. The van der Waals surface area contributed by atoms with Crippen molar-refractivity contribution in [3.05, 3.63) is 105 Å². The number of fused-ring (bicyclic) bond motifs is 2. The number of carbonyl (C=O) groups is 1. The van der Waals surface area contributed by atoms with Crippen LogP contribution in [-0.4, -0.2) is 45.3 Å². The van der Waals surface area contributed by atoms with E-state index in [0.717, 1.165) is 17.5 Å². The van der Waals surface area contributed by atoms with E-state index >= 15 is 0 Å². The van der Waals surface area contributed by atoms with Gasteiger partial charge in [-0.05, 0) is 53.4 Å². The average Bonchev–Trinajstić information content (AvgIpc) is 2.86. The van der Waals surface area contributed by atoms with E-state index in [1.54, 1.807) is 37.6 Å². The lowest BCUT2D eigenvalue weighted by atomic mass is 9.88. The second-order valence-electron chi connectivity index (χ2n) is 7.91. The highest BCUT2D eigenvalue weighted by atomic mass is 16.2. The minimum absolute atomic E-state index is 0.125. The van der Waals surface area contributed by atoms with Crippen LogP contribution < -0.4 is 11.0 Å². The monoisotopic (exact) mass is 438 g/mol. The Morgan fingerprint density at radius 3 is 2.76 bits per heavy atom. The maximum atomic E-state index is 13.7. The van der Waals surface area contributed by atoms with Crippen LogP contribution in [0, 0.1) is 5.41 Å². The molecule has 1 unspecified atom stereocenters. The van der Waals surface area contributed by atoms with Crippen molar-refractivity contribution in [3.8, 4) is 0 Å².